The van der Waals surface area contributed by atoms with E-state index in [0.717, 1.165) is 12.8 Å². The highest BCUT2D eigenvalue weighted by Gasteiger charge is 2.28. The molecule has 3 aromatic rings. The van der Waals surface area contributed by atoms with Gasteiger partial charge in [-0.2, -0.15) is 0 Å². The van der Waals surface area contributed by atoms with E-state index in [9.17, 15) is 13.2 Å². The maximum absolute atomic E-state index is 13.4. The summed E-state index contributed by atoms with van der Waals surface area (Å²) >= 11 is 0. The van der Waals surface area contributed by atoms with Crippen LogP contribution < -0.4 is 4.74 Å². The van der Waals surface area contributed by atoms with Gasteiger partial charge in [-0.15, -0.1) is 0 Å². The van der Waals surface area contributed by atoms with Gasteiger partial charge in [0.2, 0.25) is 15.0 Å². The number of rotatable bonds is 10. The number of aromatic nitrogens is 2. The smallest absolute Gasteiger partial charge is 0.254 e. The lowest BCUT2D eigenvalue weighted by Gasteiger charge is -2.23. The van der Waals surface area contributed by atoms with E-state index in [1.807, 2.05) is 25.1 Å². The van der Waals surface area contributed by atoms with E-state index >= 15 is 0 Å². The Labute approximate surface area is 206 Å². The second-order valence-electron chi connectivity index (χ2n) is 8.57. The van der Waals surface area contributed by atoms with Crippen molar-refractivity contribution in [3.8, 4) is 5.75 Å². The van der Waals surface area contributed by atoms with Crippen LogP contribution in [-0.4, -0.2) is 55.1 Å². The maximum Gasteiger partial charge on any atom is 0.254 e. The molecule has 9 heteroatoms. The first-order valence-electron chi connectivity index (χ1n) is 11.8. The van der Waals surface area contributed by atoms with Gasteiger partial charge in [0.15, 0.2) is 0 Å². The Bertz CT molecular complexity index is 1230. The van der Waals surface area contributed by atoms with E-state index in [4.69, 9.17) is 9.47 Å². The normalized spacial score (nSPS) is 15.8. The fourth-order valence-corrected chi connectivity index (χ4v) is 5.75. The summed E-state index contributed by atoms with van der Waals surface area (Å²) in [6, 6.07) is 16.0. The average Bonchev–Trinajstić information content (AvgIpc) is 3.53. The first-order valence-corrected chi connectivity index (χ1v) is 13.4. The fourth-order valence-electron chi connectivity index (χ4n) is 4.25. The number of benzene rings is 2. The van der Waals surface area contributed by atoms with Crippen LogP contribution in [0.5, 0.6) is 5.75 Å². The third-order valence-corrected chi connectivity index (χ3v) is 7.74. The minimum absolute atomic E-state index is 0.0137. The molecule has 1 aliphatic heterocycles. The number of methoxy groups -OCH3 is 1. The van der Waals surface area contributed by atoms with Gasteiger partial charge in [0, 0.05) is 18.7 Å². The molecule has 35 heavy (non-hydrogen) atoms. The highest BCUT2D eigenvalue weighted by molar-refractivity contribution is 7.90. The highest BCUT2D eigenvalue weighted by Crippen LogP contribution is 2.23. The summed E-state index contributed by atoms with van der Waals surface area (Å²) in [5.41, 5.74) is 1.90. The van der Waals surface area contributed by atoms with Crippen LogP contribution in [0.1, 0.15) is 41.4 Å². The Hall–Kier alpha value is -3.17. The molecule has 0 unspecified atom stereocenters. The molecule has 2 heterocycles. The molecule has 0 spiro atoms. The van der Waals surface area contributed by atoms with Crippen molar-refractivity contribution in [2.75, 3.05) is 20.3 Å². The van der Waals surface area contributed by atoms with Crippen LogP contribution in [0, 0.1) is 0 Å². The summed E-state index contributed by atoms with van der Waals surface area (Å²) < 4.78 is 39.4. The molecule has 8 nitrogen and oxygen atoms in total. The van der Waals surface area contributed by atoms with Crippen molar-refractivity contribution in [3.63, 3.8) is 0 Å². The van der Waals surface area contributed by atoms with Crippen LogP contribution >= 0.6 is 0 Å². The molecule has 186 valence electrons. The number of sulfone groups is 1. The minimum atomic E-state index is -3.71. The molecule has 0 saturated carbocycles. The summed E-state index contributed by atoms with van der Waals surface area (Å²) in [6.07, 6.45) is 3.29. The van der Waals surface area contributed by atoms with Crippen LogP contribution in [0.4, 0.5) is 0 Å². The van der Waals surface area contributed by atoms with Crippen molar-refractivity contribution in [1.82, 2.24) is 14.5 Å². The molecule has 1 atom stereocenters. The monoisotopic (exact) mass is 497 g/mol. The molecule has 1 saturated heterocycles. The molecule has 1 amide bonds. The molecule has 2 aromatic carbocycles. The van der Waals surface area contributed by atoms with Crippen LogP contribution in [0.15, 0.2) is 66.0 Å². The van der Waals surface area contributed by atoms with Gasteiger partial charge < -0.3 is 18.9 Å². The fraction of sp³-hybridized carbons (Fsp3) is 0.385. The molecule has 0 radical (unpaired) electrons. The van der Waals surface area contributed by atoms with Gasteiger partial charge >= 0.3 is 0 Å². The molecule has 1 fully saturated rings. The summed E-state index contributed by atoms with van der Waals surface area (Å²) in [4.78, 5) is 19.2. The molecule has 0 aliphatic carbocycles. The topological polar surface area (TPSA) is 90.7 Å². The molecule has 0 bridgehead atoms. The van der Waals surface area contributed by atoms with Gasteiger partial charge in [-0.1, -0.05) is 30.3 Å². The molecule has 0 N–H and O–H groups in total. The van der Waals surface area contributed by atoms with Gasteiger partial charge in [0.1, 0.15) is 5.75 Å². The average molecular weight is 498 g/mol. The number of nitrogens with zero attached hydrogens (tertiary/aromatic N) is 3. The Balaban J connectivity index is 1.62. The zero-order chi connectivity index (χ0) is 24.8. The van der Waals surface area contributed by atoms with Crippen molar-refractivity contribution in [1.29, 1.82) is 0 Å². The van der Waals surface area contributed by atoms with Gasteiger partial charge in [0.05, 0.1) is 43.9 Å². The number of ether oxygens (including phenoxy) is 2. The minimum Gasteiger partial charge on any atom is -0.497 e. The lowest BCUT2D eigenvalue weighted by Crippen LogP contribution is -2.32. The second kappa shape index (κ2) is 11.0. The van der Waals surface area contributed by atoms with E-state index < -0.39 is 9.84 Å². The van der Waals surface area contributed by atoms with E-state index in [1.54, 1.807) is 59.2 Å². The van der Waals surface area contributed by atoms with Crippen molar-refractivity contribution in [2.45, 2.75) is 49.9 Å². The van der Waals surface area contributed by atoms with Crippen LogP contribution in [0.25, 0.3) is 0 Å². The lowest BCUT2D eigenvalue weighted by atomic mass is 10.2. The third kappa shape index (κ3) is 5.91. The number of hydrogen-bond acceptors (Lipinski definition) is 6. The Morgan fingerprint density at radius 3 is 2.54 bits per heavy atom. The van der Waals surface area contributed by atoms with Crippen LogP contribution in [0.3, 0.4) is 0 Å². The largest absolute Gasteiger partial charge is 0.497 e. The molecule has 1 aliphatic rings. The van der Waals surface area contributed by atoms with E-state index in [1.165, 1.54) is 0 Å². The maximum atomic E-state index is 13.4. The van der Waals surface area contributed by atoms with E-state index in [-0.39, 0.29) is 29.5 Å². The summed E-state index contributed by atoms with van der Waals surface area (Å²) in [7, 11) is -2.13. The zero-order valence-corrected chi connectivity index (χ0v) is 20.9. The van der Waals surface area contributed by atoms with E-state index in [2.05, 4.69) is 4.98 Å². The third-order valence-electron chi connectivity index (χ3n) is 6.15. The predicted octanol–water partition coefficient (Wildman–Crippen LogP) is 3.71. The summed E-state index contributed by atoms with van der Waals surface area (Å²) in [5.74, 6) is 0.388. The lowest BCUT2D eigenvalue weighted by molar-refractivity contribution is 0.0741. The molecular formula is C26H31N3O5S. The van der Waals surface area contributed by atoms with Crippen molar-refractivity contribution in [2.24, 2.45) is 0 Å². The first-order chi connectivity index (χ1) is 16.9. The summed E-state index contributed by atoms with van der Waals surface area (Å²) in [5, 5.41) is 0.0137. The van der Waals surface area contributed by atoms with Crippen molar-refractivity contribution < 1.29 is 22.7 Å². The first kappa shape index (κ1) is 24.9. The number of carbonyl (C=O) groups excluding carboxylic acids is 1. The molecule has 4 rings (SSSR count). The Morgan fingerprint density at radius 1 is 1.17 bits per heavy atom. The number of hydrogen-bond donors (Lipinski definition) is 0. The summed E-state index contributed by atoms with van der Waals surface area (Å²) in [6.45, 7) is 3.64. The highest BCUT2D eigenvalue weighted by atomic mass is 32.2. The van der Waals surface area contributed by atoms with Gasteiger partial charge in [0.25, 0.3) is 5.91 Å². The number of imidazole rings is 1. The van der Waals surface area contributed by atoms with E-state index in [0.29, 0.717) is 42.3 Å². The second-order valence-corrected chi connectivity index (χ2v) is 10.5. The molecular weight excluding hydrogens is 466 g/mol. The van der Waals surface area contributed by atoms with Gasteiger partial charge in [-0.3, -0.25) is 4.79 Å². The Morgan fingerprint density at radius 2 is 1.91 bits per heavy atom. The van der Waals surface area contributed by atoms with Gasteiger partial charge in [-0.05, 0) is 49.6 Å². The van der Waals surface area contributed by atoms with Gasteiger partial charge in [-0.25, -0.2) is 13.4 Å². The van der Waals surface area contributed by atoms with Crippen LogP contribution in [0.2, 0.25) is 0 Å². The quantitative estimate of drug-likeness (QED) is 0.424. The van der Waals surface area contributed by atoms with Crippen molar-refractivity contribution >= 4 is 15.7 Å². The molecule has 1 aromatic heterocycles. The van der Waals surface area contributed by atoms with Crippen LogP contribution in [-0.2, 0) is 33.4 Å². The SMILES string of the molecule is CCN(Cc1cnc(S(=O)(=O)Cc2ccccc2)n1C[C@@H]1CCCO1)C(=O)c1ccc(OC)cc1. The Kier molecular flexibility index (Phi) is 7.87. The van der Waals surface area contributed by atoms with Crippen molar-refractivity contribution in [3.05, 3.63) is 77.6 Å². The zero-order valence-electron chi connectivity index (χ0n) is 20.1. The number of carbonyl (C=O) groups is 1. The predicted molar refractivity (Wildman–Crippen MR) is 132 cm³/mol. The number of amides is 1. The standard InChI is InChI=1S/C26H31N3O5S/c1-3-28(25(30)21-11-13-23(33-2)14-12-21)17-22-16-27-26(29(22)18-24-10-7-15-34-24)35(31,32)19-20-8-5-4-6-9-20/h4-6,8-9,11-14,16,24H,3,7,10,15,17-19H2,1-2H3/t24-/m0/s1.